The molecule has 0 N–H and O–H groups in total. The van der Waals surface area contributed by atoms with Crippen LogP contribution in [0.5, 0.6) is 0 Å². The van der Waals surface area contributed by atoms with Gasteiger partial charge in [-0.15, -0.1) is 0 Å². The van der Waals surface area contributed by atoms with Crippen LogP contribution in [0.1, 0.15) is 28.4 Å². The molecule has 0 saturated heterocycles. The molecule has 1 aromatic rings. The lowest BCUT2D eigenvalue weighted by molar-refractivity contribution is -0.137. The van der Waals surface area contributed by atoms with Crippen molar-refractivity contribution in [3.63, 3.8) is 0 Å². The molecule has 0 radical (unpaired) electrons. The maximum atomic E-state index is 11.9. The molecule has 1 rings (SSSR count). The Morgan fingerprint density at radius 2 is 1.68 bits per heavy atom. The predicted molar refractivity (Wildman–Crippen MR) is 70.0 cm³/mol. The SMILES string of the molecule is CCOC(=O)C(=O)c1cc(C)c(C)cc1S(C)(=O)=O. The number of sulfone groups is 1. The van der Waals surface area contributed by atoms with E-state index in [4.69, 9.17) is 0 Å². The van der Waals surface area contributed by atoms with Crippen LogP contribution in [0.4, 0.5) is 0 Å². The molecule has 0 fully saturated rings. The predicted octanol–water partition coefficient (Wildman–Crippen LogP) is 1.45. The molecule has 0 amide bonds. The number of rotatable bonds is 4. The molecule has 5 nitrogen and oxygen atoms in total. The van der Waals surface area contributed by atoms with E-state index < -0.39 is 21.6 Å². The van der Waals surface area contributed by atoms with Crippen LogP contribution >= 0.6 is 0 Å². The van der Waals surface area contributed by atoms with Crippen molar-refractivity contribution in [2.45, 2.75) is 25.7 Å². The quantitative estimate of drug-likeness (QED) is 0.475. The third-order valence-electron chi connectivity index (χ3n) is 2.70. The van der Waals surface area contributed by atoms with Gasteiger partial charge in [-0.05, 0) is 44.0 Å². The van der Waals surface area contributed by atoms with Crippen molar-refractivity contribution >= 4 is 21.6 Å². The Balaban J connectivity index is 3.46. The smallest absolute Gasteiger partial charge is 0.379 e. The second-order valence-electron chi connectivity index (χ2n) is 4.25. The Kier molecular flexibility index (Phi) is 4.47. The van der Waals surface area contributed by atoms with Crippen LogP contribution < -0.4 is 0 Å². The Morgan fingerprint density at radius 1 is 1.16 bits per heavy atom. The van der Waals surface area contributed by atoms with E-state index >= 15 is 0 Å². The van der Waals surface area contributed by atoms with Crippen molar-refractivity contribution in [2.75, 3.05) is 12.9 Å². The molecule has 0 aromatic heterocycles. The lowest BCUT2D eigenvalue weighted by atomic mass is 10.0. The van der Waals surface area contributed by atoms with Crippen LogP contribution in [-0.2, 0) is 19.4 Å². The lowest BCUT2D eigenvalue weighted by Crippen LogP contribution is -2.20. The maximum absolute atomic E-state index is 11.9. The highest BCUT2D eigenvalue weighted by atomic mass is 32.2. The summed E-state index contributed by atoms with van der Waals surface area (Å²) in [5.41, 5.74) is 1.34. The van der Waals surface area contributed by atoms with Gasteiger partial charge in [-0.2, -0.15) is 0 Å². The standard InChI is InChI=1S/C13H16O5S/c1-5-18-13(15)12(14)10-6-8(2)9(3)7-11(10)19(4,16)17/h6-7H,5H2,1-4H3. The highest BCUT2D eigenvalue weighted by Gasteiger charge is 2.25. The Labute approximate surface area is 112 Å². The van der Waals surface area contributed by atoms with Crippen LogP contribution in [0.25, 0.3) is 0 Å². The Morgan fingerprint density at radius 3 is 2.16 bits per heavy atom. The van der Waals surface area contributed by atoms with Crippen molar-refractivity contribution in [2.24, 2.45) is 0 Å². The first-order chi connectivity index (χ1) is 8.68. The van der Waals surface area contributed by atoms with Gasteiger partial charge < -0.3 is 4.74 Å². The molecular formula is C13H16O5S. The number of hydrogen-bond donors (Lipinski definition) is 0. The number of aryl methyl sites for hydroxylation is 2. The molecule has 0 saturated carbocycles. The number of carbonyl (C=O) groups is 2. The Hall–Kier alpha value is -1.69. The van der Waals surface area contributed by atoms with Crippen molar-refractivity contribution in [3.05, 3.63) is 28.8 Å². The zero-order chi connectivity index (χ0) is 14.8. The average Bonchev–Trinajstić information content (AvgIpc) is 2.30. The fourth-order valence-corrected chi connectivity index (χ4v) is 2.52. The number of benzene rings is 1. The van der Waals surface area contributed by atoms with E-state index in [2.05, 4.69) is 4.74 Å². The van der Waals surface area contributed by atoms with E-state index in [1.54, 1.807) is 20.8 Å². The summed E-state index contributed by atoms with van der Waals surface area (Å²) in [5.74, 6) is -1.99. The molecule has 6 heteroatoms. The second-order valence-corrected chi connectivity index (χ2v) is 6.24. The van der Waals surface area contributed by atoms with E-state index in [0.29, 0.717) is 0 Å². The molecule has 104 valence electrons. The van der Waals surface area contributed by atoms with Crippen LogP contribution in [0.3, 0.4) is 0 Å². The first-order valence-electron chi connectivity index (χ1n) is 5.71. The number of Topliss-reactive ketones (excluding diaryl/α,β-unsaturated/α-hetero) is 1. The summed E-state index contributed by atoms with van der Waals surface area (Å²) in [7, 11) is -3.59. The van der Waals surface area contributed by atoms with Gasteiger partial charge in [-0.1, -0.05) is 0 Å². The van der Waals surface area contributed by atoms with Crippen LogP contribution in [0.2, 0.25) is 0 Å². The second kappa shape index (κ2) is 5.52. The van der Waals surface area contributed by atoms with Gasteiger partial charge in [0.15, 0.2) is 9.84 Å². The third-order valence-corrected chi connectivity index (χ3v) is 3.84. The summed E-state index contributed by atoms with van der Waals surface area (Å²) >= 11 is 0. The maximum Gasteiger partial charge on any atom is 0.379 e. The first kappa shape index (κ1) is 15.4. The van der Waals surface area contributed by atoms with E-state index in [1.165, 1.54) is 12.1 Å². The van der Waals surface area contributed by atoms with Gasteiger partial charge in [0.05, 0.1) is 11.5 Å². The van der Waals surface area contributed by atoms with Gasteiger partial charge in [0.2, 0.25) is 0 Å². The number of ether oxygens (including phenoxy) is 1. The summed E-state index contributed by atoms with van der Waals surface area (Å²) in [4.78, 5) is 23.2. The highest BCUT2D eigenvalue weighted by molar-refractivity contribution is 7.90. The minimum atomic E-state index is -3.59. The molecule has 0 aliphatic rings. The van der Waals surface area contributed by atoms with Gasteiger partial charge in [-0.25, -0.2) is 13.2 Å². The lowest BCUT2D eigenvalue weighted by Gasteiger charge is -2.10. The van der Waals surface area contributed by atoms with Gasteiger partial charge in [0.25, 0.3) is 5.78 Å². The molecular weight excluding hydrogens is 268 g/mol. The fraction of sp³-hybridized carbons (Fsp3) is 0.385. The molecule has 0 heterocycles. The number of ketones is 1. The van der Waals surface area contributed by atoms with Crippen LogP contribution in [0.15, 0.2) is 17.0 Å². The topological polar surface area (TPSA) is 77.5 Å². The molecule has 0 aliphatic heterocycles. The summed E-state index contributed by atoms with van der Waals surface area (Å²) in [6.45, 7) is 5.11. The normalized spacial score (nSPS) is 11.2. The highest BCUT2D eigenvalue weighted by Crippen LogP contribution is 2.21. The minimum absolute atomic E-state index is 0.0592. The van der Waals surface area contributed by atoms with E-state index in [9.17, 15) is 18.0 Å². The van der Waals surface area contributed by atoms with Crippen molar-refractivity contribution in [1.29, 1.82) is 0 Å². The monoisotopic (exact) mass is 284 g/mol. The summed E-state index contributed by atoms with van der Waals surface area (Å²) in [6.07, 6.45) is 0.999. The molecule has 0 atom stereocenters. The zero-order valence-corrected chi connectivity index (χ0v) is 12.1. The molecule has 0 unspecified atom stereocenters. The average molecular weight is 284 g/mol. The number of esters is 1. The molecule has 1 aromatic carbocycles. The van der Waals surface area contributed by atoms with Crippen LogP contribution in [0, 0.1) is 13.8 Å². The summed E-state index contributed by atoms with van der Waals surface area (Å²) < 4.78 is 28.0. The molecule has 0 aliphatic carbocycles. The van der Waals surface area contributed by atoms with Gasteiger partial charge in [-0.3, -0.25) is 4.79 Å². The van der Waals surface area contributed by atoms with E-state index in [-0.39, 0.29) is 17.1 Å². The van der Waals surface area contributed by atoms with Gasteiger partial charge in [0, 0.05) is 11.8 Å². The van der Waals surface area contributed by atoms with E-state index in [1.807, 2.05) is 0 Å². The minimum Gasteiger partial charge on any atom is -0.460 e. The van der Waals surface area contributed by atoms with Gasteiger partial charge in [0.1, 0.15) is 0 Å². The largest absolute Gasteiger partial charge is 0.460 e. The van der Waals surface area contributed by atoms with Gasteiger partial charge >= 0.3 is 5.97 Å². The van der Waals surface area contributed by atoms with Crippen molar-refractivity contribution in [3.8, 4) is 0 Å². The Bertz CT molecular complexity index is 629. The van der Waals surface area contributed by atoms with Crippen molar-refractivity contribution in [1.82, 2.24) is 0 Å². The first-order valence-corrected chi connectivity index (χ1v) is 7.60. The summed E-state index contributed by atoms with van der Waals surface area (Å²) in [6, 6.07) is 2.81. The molecule has 0 bridgehead atoms. The van der Waals surface area contributed by atoms with E-state index in [0.717, 1.165) is 17.4 Å². The zero-order valence-electron chi connectivity index (χ0n) is 11.3. The number of hydrogen-bond acceptors (Lipinski definition) is 5. The molecule has 0 spiro atoms. The molecule has 19 heavy (non-hydrogen) atoms. The fourth-order valence-electron chi connectivity index (χ4n) is 1.58. The summed E-state index contributed by atoms with van der Waals surface area (Å²) in [5, 5.41) is 0. The third kappa shape index (κ3) is 3.41. The van der Waals surface area contributed by atoms with Crippen LogP contribution in [-0.4, -0.2) is 33.0 Å². The van der Waals surface area contributed by atoms with Crippen molar-refractivity contribution < 1.29 is 22.7 Å². The number of carbonyl (C=O) groups excluding carboxylic acids is 2.